The number of alkyl halides is 2. The normalized spacial score (nSPS) is 13.4. The second-order valence-corrected chi connectivity index (χ2v) is 12.7. The topological polar surface area (TPSA) is 151 Å². The van der Waals surface area contributed by atoms with E-state index in [1.54, 1.807) is 60.7 Å². The van der Waals surface area contributed by atoms with E-state index in [1.807, 2.05) is 0 Å². The molecule has 5 N–H and O–H groups in total. The first-order chi connectivity index (χ1) is 21.3. The minimum Gasteiger partial charge on any atom is -0.453 e. The molecule has 2 atom stereocenters. The molecular weight excluding hydrogens is 606 g/mol. The number of aliphatic hydroxyl groups excluding tert-OH is 1. The van der Waals surface area contributed by atoms with Gasteiger partial charge in [0.25, 0.3) is 5.92 Å². The average molecular weight is 647 g/mol. The van der Waals surface area contributed by atoms with Gasteiger partial charge >= 0.3 is 6.09 Å². The predicted molar refractivity (Wildman–Crippen MR) is 167 cm³/mol. The zero-order valence-corrected chi connectivity index (χ0v) is 26.2. The van der Waals surface area contributed by atoms with Gasteiger partial charge in [0.2, 0.25) is 15.9 Å². The number of nitrogen functional groups attached to an aromatic ring is 1. The van der Waals surface area contributed by atoms with E-state index in [4.69, 9.17) is 10.5 Å². The Labute approximate surface area is 262 Å². The highest BCUT2D eigenvalue weighted by molar-refractivity contribution is 7.89. The number of halogens is 2. The molecule has 3 rings (SSSR count). The summed E-state index contributed by atoms with van der Waals surface area (Å²) in [5.41, 5.74) is 7.40. The molecule has 0 aromatic heterocycles. The maximum Gasteiger partial charge on any atom is 0.407 e. The molecule has 45 heavy (non-hydrogen) atoms. The quantitative estimate of drug-likeness (QED) is 0.182. The van der Waals surface area contributed by atoms with Gasteiger partial charge in [-0.25, -0.2) is 22.0 Å². The number of rotatable bonds is 15. The van der Waals surface area contributed by atoms with Crippen molar-refractivity contribution < 1.29 is 36.6 Å². The van der Waals surface area contributed by atoms with Crippen molar-refractivity contribution in [2.45, 2.75) is 61.6 Å². The van der Waals surface area contributed by atoms with Crippen molar-refractivity contribution in [3.05, 3.63) is 96.1 Å². The van der Waals surface area contributed by atoms with Gasteiger partial charge in [-0.2, -0.15) is 4.31 Å². The van der Waals surface area contributed by atoms with Crippen molar-refractivity contribution in [1.29, 1.82) is 0 Å². The van der Waals surface area contributed by atoms with Crippen LogP contribution in [0.3, 0.4) is 0 Å². The maximum absolute atomic E-state index is 15.3. The summed E-state index contributed by atoms with van der Waals surface area (Å²) in [7, 11) is -3.11. The van der Waals surface area contributed by atoms with Crippen molar-refractivity contribution in [1.82, 2.24) is 14.9 Å². The van der Waals surface area contributed by atoms with Crippen LogP contribution >= 0.6 is 0 Å². The number of carbonyl (C=O) groups is 2. The number of alkyl carbamates (subject to hydrolysis) is 1. The molecule has 10 nitrogen and oxygen atoms in total. The predicted octanol–water partition coefficient (Wildman–Crippen LogP) is 4.12. The van der Waals surface area contributed by atoms with Crippen LogP contribution < -0.4 is 16.4 Å². The van der Waals surface area contributed by atoms with E-state index in [1.165, 1.54) is 38.1 Å². The molecule has 0 aliphatic carbocycles. The Bertz CT molecular complexity index is 1450. The molecule has 0 unspecified atom stereocenters. The number of aliphatic hydroxyl groups is 1. The molecule has 0 spiro atoms. The van der Waals surface area contributed by atoms with Crippen LogP contribution in [0.5, 0.6) is 0 Å². The molecule has 0 fully saturated rings. The number of hydrogen-bond donors (Lipinski definition) is 4. The number of ether oxygens (including phenoxy) is 1. The third-order valence-electron chi connectivity index (χ3n) is 7.25. The lowest BCUT2D eigenvalue weighted by atomic mass is 9.84. The number of methoxy groups -OCH3 is 1. The van der Waals surface area contributed by atoms with Crippen LogP contribution in [-0.4, -0.2) is 74.1 Å². The van der Waals surface area contributed by atoms with Gasteiger partial charge < -0.3 is 26.2 Å². The van der Waals surface area contributed by atoms with Crippen molar-refractivity contribution in [3.8, 4) is 0 Å². The fraction of sp³-hybridized carbons (Fsp3) is 0.375. The molecule has 0 saturated carbocycles. The van der Waals surface area contributed by atoms with Crippen molar-refractivity contribution in [2.24, 2.45) is 0 Å². The van der Waals surface area contributed by atoms with Crippen molar-refractivity contribution in [3.63, 3.8) is 0 Å². The number of hydrogen-bond acceptors (Lipinski definition) is 7. The summed E-state index contributed by atoms with van der Waals surface area (Å²) in [6, 6.07) is 19.8. The molecule has 3 aromatic rings. The van der Waals surface area contributed by atoms with Crippen molar-refractivity contribution in [2.75, 3.05) is 26.0 Å². The first-order valence-electron chi connectivity index (χ1n) is 14.4. The number of nitrogens with two attached hydrogens (primary N) is 1. The van der Waals surface area contributed by atoms with E-state index < -0.39 is 78.0 Å². The van der Waals surface area contributed by atoms with Gasteiger partial charge in [0.05, 0.1) is 24.7 Å². The molecule has 2 amide bonds. The van der Waals surface area contributed by atoms with E-state index >= 15 is 8.78 Å². The van der Waals surface area contributed by atoms with Crippen LogP contribution in [-0.2, 0) is 19.6 Å². The number of nitrogens with zero attached hydrogens (tertiary/aromatic N) is 1. The van der Waals surface area contributed by atoms with E-state index in [2.05, 4.69) is 10.6 Å². The van der Waals surface area contributed by atoms with Gasteiger partial charge in [-0.05, 0) is 49.2 Å². The molecular formula is C32H40F2N4O6S. The molecule has 244 valence electrons. The highest BCUT2D eigenvalue weighted by Gasteiger charge is 2.41. The van der Waals surface area contributed by atoms with Crippen LogP contribution in [0.2, 0.25) is 0 Å². The van der Waals surface area contributed by atoms with Crippen LogP contribution in [0.4, 0.5) is 19.3 Å². The Morgan fingerprint density at radius 2 is 1.49 bits per heavy atom. The van der Waals surface area contributed by atoms with Crippen LogP contribution in [0.15, 0.2) is 89.8 Å². The molecule has 0 heterocycles. The van der Waals surface area contributed by atoms with Crippen molar-refractivity contribution >= 4 is 27.7 Å². The Kier molecular flexibility index (Phi) is 12.4. The molecule has 0 radical (unpaired) electrons. The Morgan fingerprint density at radius 1 is 0.956 bits per heavy atom. The first kappa shape index (κ1) is 35.4. The highest BCUT2D eigenvalue weighted by Crippen LogP contribution is 2.32. The largest absolute Gasteiger partial charge is 0.453 e. The van der Waals surface area contributed by atoms with E-state index in [-0.39, 0.29) is 4.90 Å². The van der Waals surface area contributed by atoms with E-state index in [0.717, 1.165) is 11.4 Å². The number of carbonyl (C=O) groups excluding carboxylic acids is 2. The minimum atomic E-state index is -4.26. The SMILES string of the molecule is COC(=O)N[C@H](C(=O)NCCC(F)(F)C[C@@H](CO)N(C(C)C)S(=O)(=O)c1ccc(N)cc1)C(c1ccccc1)c1ccccc1. The van der Waals surface area contributed by atoms with Gasteiger partial charge in [-0.1, -0.05) is 60.7 Å². The number of amides is 2. The van der Waals surface area contributed by atoms with Gasteiger partial charge in [-0.15, -0.1) is 0 Å². The van der Waals surface area contributed by atoms with Crippen LogP contribution in [0, 0.1) is 0 Å². The smallest absolute Gasteiger partial charge is 0.407 e. The third-order valence-corrected chi connectivity index (χ3v) is 9.39. The summed E-state index contributed by atoms with van der Waals surface area (Å²) in [5, 5.41) is 15.1. The fourth-order valence-corrected chi connectivity index (χ4v) is 7.01. The zero-order valence-electron chi connectivity index (χ0n) is 25.4. The summed E-state index contributed by atoms with van der Waals surface area (Å²) in [6.07, 6.45) is -2.72. The Balaban J connectivity index is 1.78. The van der Waals surface area contributed by atoms with Gasteiger partial charge in [0, 0.05) is 37.0 Å². The Hall–Kier alpha value is -4.07. The number of sulfonamides is 1. The summed E-state index contributed by atoms with van der Waals surface area (Å²) in [6.45, 7) is 1.71. The number of anilines is 1. The fourth-order valence-electron chi connectivity index (χ4n) is 5.20. The second-order valence-electron chi connectivity index (χ2n) is 10.8. The lowest BCUT2D eigenvalue weighted by Gasteiger charge is -2.35. The average Bonchev–Trinajstić information content (AvgIpc) is 3.01. The first-order valence-corrected chi connectivity index (χ1v) is 15.8. The molecule has 0 bridgehead atoms. The van der Waals surface area contributed by atoms with Gasteiger partial charge in [-0.3, -0.25) is 4.79 Å². The van der Waals surface area contributed by atoms with E-state index in [0.29, 0.717) is 16.8 Å². The lowest BCUT2D eigenvalue weighted by Crippen LogP contribution is -2.51. The summed E-state index contributed by atoms with van der Waals surface area (Å²) in [4.78, 5) is 25.6. The molecule has 0 saturated heterocycles. The summed E-state index contributed by atoms with van der Waals surface area (Å²) in [5.74, 6) is -4.88. The monoisotopic (exact) mass is 646 g/mol. The maximum atomic E-state index is 15.3. The lowest BCUT2D eigenvalue weighted by molar-refractivity contribution is -0.123. The summed E-state index contributed by atoms with van der Waals surface area (Å²) >= 11 is 0. The van der Waals surface area contributed by atoms with E-state index in [9.17, 15) is 23.1 Å². The molecule has 0 aliphatic rings. The number of benzene rings is 3. The second kappa shape index (κ2) is 15.8. The molecule has 0 aliphatic heterocycles. The summed E-state index contributed by atoms with van der Waals surface area (Å²) < 4.78 is 63.1. The molecule has 13 heteroatoms. The third kappa shape index (κ3) is 9.46. The Morgan fingerprint density at radius 3 is 1.96 bits per heavy atom. The van der Waals surface area contributed by atoms with Gasteiger partial charge in [0.1, 0.15) is 6.04 Å². The number of nitrogens with one attached hydrogen (secondary N) is 2. The van der Waals surface area contributed by atoms with Crippen LogP contribution in [0.25, 0.3) is 0 Å². The standard InChI is InChI=1S/C32H40F2N4O6S/c1-22(2)38(45(42,43)27-16-14-25(35)15-17-27)26(21-39)20-32(33,34)18-19-36-30(40)29(37-31(41)44-3)28(23-10-6-4-7-11-23)24-12-8-5-9-13-24/h4-17,22,26,28-29,39H,18-21,35H2,1-3H3,(H,36,40)(H,37,41)/t26-,29-/m0/s1. The highest BCUT2D eigenvalue weighted by atomic mass is 32.2. The zero-order chi connectivity index (χ0) is 33.2. The van der Waals surface area contributed by atoms with Crippen LogP contribution in [0.1, 0.15) is 43.7 Å². The molecule has 3 aromatic carbocycles. The minimum absolute atomic E-state index is 0.144. The van der Waals surface area contributed by atoms with Gasteiger partial charge in [0.15, 0.2) is 0 Å².